The molecule has 0 atom stereocenters. The van der Waals surface area contributed by atoms with Crippen molar-refractivity contribution in [2.75, 3.05) is 5.73 Å². The summed E-state index contributed by atoms with van der Waals surface area (Å²) in [6.45, 7) is 2.12. The van der Waals surface area contributed by atoms with Crippen LogP contribution in [0.2, 0.25) is 0 Å². The Bertz CT molecular complexity index is 274. The Labute approximate surface area is 67.2 Å². The molecule has 1 aliphatic carbocycles. The zero-order valence-corrected chi connectivity index (χ0v) is 6.80. The Morgan fingerprint density at radius 3 is 2.73 bits per heavy atom. The summed E-state index contributed by atoms with van der Waals surface area (Å²) in [5.41, 5.74) is 9.49. The minimum absolute atomic E-state index is 0.773. The third kappa shape index (κ3) is 1.23. The quantitative estimate of drug-likeness (QED) is 0.607. The summed E-state index contributed by atoms with van der Waals surface area (Å²) in [6, 6.07) is 6.30. The van der Waals surface area contributed by atoms with Gasteiger partial charge in [-0.2, -0.15) is 0 Å². The van der Waals surface area contributed by atoms with Crippen LogP contribution >= 0.6 is 0 Å². The summed E-state index contributed by atoms with van der Waals surface area (Å²) >= 11 is 0. The Morgan fingerprint density at radius 1 is 1.36 bits per heavy atom. The zero-order chi connectivity index (χ0) is 7.84. The van der Waals surface area contributed by atoms with Gasteiger partial charge in [-0.25, -0.2) is 0 Å². The second-order valence-corrected chi connectivity index (χ2v) is 3.41. The molecule has 0 saturated heterocycles. The lowest BCUT2D eigenvalue weighted by Crippen LogP contribution is -1.92. The van der Waals surface area contributed by atoms with Crippen molar-refractivity contribution in [3.8, 4) is 0 Å². The molecule has 1 heteroatoms. The number of anilines is 1. The maximum Gasteiger partial charge on any atom is 0.0349 e. The Balaban J connectivity index is 2.42. The third-order valence-electron chi connectivity index (χ3n) is 2.26. The second-order valence-electron chi connectivity index (χ2n) is 3.41. The van der Waals surface area contributed by atoms with Crippen LogP contribution in [-0.2, 0) is 0 Å². The van der Waals surface area contributed by atoms with Crippen LogP contribution in [0.5, 0.6) is 0 Å². The largest absolute Gasteiger partial charge is 0.398 e. The third-order valence-corrected chi connectivity index (χ3v) is 2.26. The van der Waals surface area contributed by atoms with Crippen molar-refractivity contribution in [3.05, 3.63) is 29.3 Å². The fourth-order valence-electron chi connectivity index (χ4n) is 1.44. The second kappa shape index (κ2) is 2.26. The molecule has 0 amide bonds. The minimum Gasteiger partial charge on any atom is -0.398 e. The standard InChI is InChI=1S/C10H13N/c1-7-2-5-10(11)9(6-7)8-3-4-8/h2,5-6,8H,3-4,11H2,1H3. The highest BCUT2D eigenvalue weighted by atomic mass is 14.6. The SMILES string of the molecule is Cc1ccc(N)c(C2CC2)c1. The Hall–Kier alpha value is -0.980. The van der Waals surface area contributed by atoms with Gasteiger partial charge in [0, 0.05) is 5.69 Å². The lowest BCUT2D eigenvalue weighted by Gasteiger charge is -2.03. The fourth-order valence-corrected chi connectivity index (χ4v) is 1.44. The summed E-state index contributed by atoms with van der Waals surface area (Å²) in [5.74, 6) is 0.773. The predicted octanol–water partition coefficient (Wildman–Crippen LogP) is 2.45. The molecular weight excluding hydrogens is 134 g/mol. The van der Waals surface area contributed by atoms with Gasteiger partial charge in [0.15, 0.2) is 0 Å². The molecule has 2 N–H and O–H groups in total. The molecule has 1 aromatic carbocycles. The predicted molar refractivity (Wildman–Crippen MR) is 47.6 cm³/mol. The van der Waals surface area contributed by atoms with Crippen molar-refractivity contribution in [1.82, 2.24) is 0 Å². The highest BCUT2D eigenvalue weighted by molar-refractivity contribution is 5.51. The average molecular weight is 147 g/mol. The van der Waals surface area contributed by atoms with Crippen molar-refractivity contribution in [3.63, 3.8) is 0 Å². The van der Waals surface area contributed by atoms with Crippen molar-refractivity contribution in [1.29, 1.82) is 0 Å². The van der Waals surface area contributed by atoms with Gasteiger partial charge in [0.1, 0.15) is 0 Å². The number of nitrogens with two attached hydrogens (primary N) is 1. The Morgan fingerprint density at radius 2 is 2.09 bits per heavy atom. The molecule has 0 aromatic heterocycles. The lowest BCUT2D eigenvalue weighted by atomic mass is 10.1. The number of hydrogen-bond donors (Lipinski definition) is 1. The molecule has 58 valence electrons. The number of benzene rings is 1. The van der Waals surface area contributed by atoms with E-state index in [4.69, 9.17) is 5.73 Å². The van der Waals surface area contributed by atoms with Gasteiger partial charge in [-0.1, -0.05) is 17.7 Å². The molecule has 0 unspecified atom stereocenters. The number of aryl methyl sites for hydroxylation is 1. The highest BCUT2D eigenvalue weighted by Crippen LogP contribution is 2.42. The topological polar surface area (TPSA) is 26.0 Å². The number of rotatable bonds is 1. The Kier molecular flexibility index (Phi) is 1.38. The smallest absolute Gasteiger partial charge is 0.0349 e. The maximum atomic E-state index is 5.83. The van der Waals surface area contributed by atoms with E-state index in [9.17, 15) is 0 Å². The molecule has 0 aliphatic heterocycles. The van der Waals surface area contributed by atoms with E-state index in [1.54, 1.807) is 0 Å². The molecule has 2 rings (SSSR count). The van der Waals surface area contributed by atoms with Gasteiger partial charge in [-0.05, 0) is 37.3 Å². The first-order valence-corrected chi connectivity index (χ1v) is 4.13. The van der Waals surface area contributed by atoms with E-state index in [-0.39, 0.29) is 0 Å². The highest BCUT2D eigenvalue weighted by Gasteiger charge is 2.25. The molecule has 1 saturated carbocycles. The molecule has 1 fully saturated rings. The molecule has 1 aromatic rings. The average Bonchev–Trinajstić information content (AvgIpc) is 2.76. The van der Waals surface area contributed by atoms with Crippen molar-refractivity contribution in [2.45, 2.75) is 25.7 Å². The van der Waals surface area contributed by atoms with Crippen LogP contribution in [0.25, 0.3) is 0 Å². The number of hydrogen-bond acceptors (Lipinski definition) is 1. The molecule has 0 bridgehead atoms. The van der Waals surface area contributed by atoms with Crippen LogP contribution in [0.4, 0.5) is 5.69 Å². The van der Waals surface area contributed by atoms with E-state index < -0.39 is 0 Å². The van der Waals surface area contributed by atoms with E-state index >= 15 is 0 Å². The van der Waals surface area contributed by atoms with Gasteiger partial charge in [0.05, 0.1) is 0 Å². The molecule has 1 aliphatic rings. The van der Waals surface area contributed by atoms with E-state index in [2.05, 4.69) is 19.1 Å². The van der Waals surface area contributed by atoms with Crippen molar-refractivity contribution in [2.24, 2.45) is 0 Å². The van der Waals surface area contributed by atoms with Gasteiger partial charge in [0.2, 0.25) is 0 Å². The van der Waals surface area contributed by atoms with Crippen LogP contribution in [0, 0.1) is 6.92 Å². The fraction of sp³-hybridized carbons (Fsp3) is 0.400. The van der Waals surface area contributed by atoms with E-state index in [0.717, 1.165) is 11.6 Å². The van der Waals surface area contributed by atoms with Crippen LogP contribution in [0.15, 0.2) is 18.2 Å². The summed E-state index contributed by atoms with van der Waals surface area (Å²) in [5, 5.41) is 0. The minimum atomic E-state index is 0.773. The summed E-state index contributed by atoms with van der Waals surface area (Å²) in [6.07, 6.45) is 2.65. The van der Waals surface area contributed by atoms with Crippen LogP contribution in [0.1, 0.15) is 29.9 Å². The van der Waals surface area contributed by atoms with E-state index in [1.165, 1.54) is 24.0 Å². The normalized spacial score (nSPS) is 16.8. The maximum absolute atomic E-state index is 5.83. The zero-order valence-electron chi connectivity index (χ0n) is 6.80. The van der Waals surface area contributed by atoms with Crippen LogP contribution in [0.3, 0.4) is 0 Å². The first kappa shape index (κ1) is 6.71. The summed E-state index contributed by atoms with van der Waals surface area (Å²) in [4.78, 5) is 0. The summed E-state index contributed by atoms with van der Waals surface area (Å²) in [7, 11) is 0. The van der Waals surface area contributed by atoms with Gasteiger partial charge in [-0.3, -0.25) is 0 Å². The van der Waals surface area contributed by atoms with E-state index in [0.29, 0.717) is 0 Å². The van der Waals surface area contributed by atoms with E-state index in [1.807, 2.05) is 6.07 Å². The van der Waals surface area contributed by atoms with Gasteiger partial charge < -0.3 is 5.73 Å². The molecule has 0 radical (unpaired) electrons. The van der Waals surface area contributed by atoms with Crippen LogP contribution < -0.4 is 5.73 Å². The van der Waals surface area contributed by atoms with Gasteiger partial charge >= 0.3 is 0 Å². The first-order chi connectivity index (χ1) is 5.27. The molecule has 0 spiro atoms. The monoisotopic (exact) mass is 147 g/mol. The molecule has 11 heavy (non-hydrogen) atoms. The van der Waals surface area contributed by atoms with Crippen molar-refractivity contribution >= 4 is 5.69 Å². The molecule has 1 nitrogen and oxygen atoms in total. The molecule has 0 heterocycles. The van der Waals surface area contributed by atoms with Crippen molar-refractivity contribution < 1.29 is 0 Å². The first-order valence-electron chi connectivity index (χ1n) is 4.13. The van der Waals surface area contributed by atoms with Gasteiger partial charge in [0.25, 0.3) is 0 Å². The summed E-state index contributed by atoms with van der Waals surface area (Å²) < 4.78 is 0. The number of nitrogen functional groups attached to an aromatic ring is 1. The van der Waals surface area contributed by atoms with Crippen LogP contribution in [-0.4, -0.2) is 0 Å². The lowest BCUT2D eigenvalue weighted by molar-refractivity contribution is 1.13. The molecular formula is C10H13N. The van der Waals surface area contributed by atoms with Gasteiger partial charge in [-0.15, -0.1) is 0 Å².